The molecule has 1 aromatic heterocycles. The molecule has 1 saturated heterocycles. The van der Waals surface area contributed by atoms with Crippen molar-refractivity contribution in [3.63, 3.8) is 0 Å². The molecule has 0 radical (unpaired) electrons. The number of carbonyl (C=O) groups is 2. The molecule has 1 fully saturated rings. The van der Waals surface area contributed by atoms with Crippen LogP contribution in [-0.4, -0.2) is 45.8 Å². The Labute approximate surface area is 182 Å². The van der Waals surface area contributed by atoms with Gasteiger partial charge in [-0.25, -0.2) is 4.39 Å². The molecular weight excluding hydrogens is 427 g/mol. The van der Waals surface area contributed by atoms with E-state index in [9.17, 15) is 23.9 Å². The summed E-state index contributed by atoms with van der Waals surface area (Å²) in [5.74, 6) is -2.73. The fraction of sp³-hybridized carbons (Fsp3) is 0.381. The number of pyridine rings is 1. The summed E-state index contributed by atoms with van der Waals surface area (Å²) in [6.45, 7) is 2.29. The molecule has 0 bridgehead atoms. The number of aromatic hydroxyl groups is 1. The van der Waals surface area contributed by atoms with E-state index in [1.54, 1.807) is 13.1 Å². The Balaban J connectivity index is 1.72. The maximum atomic E-state index is 14.1. The first-order chi connectivity index (χ1) is 14.7. The van der Waals surface area contributed by atoms with Crippen LogP contribution in [-0.2, 0) is 6.54 Å². The SMILES string of the molecule is CN1C(=O)c2c(O)c(=O)c(C(=O)NCc3cccc(Cl)c3F)cn2N2CCCC[C@@]12C. The molecule has 2 aliphatic heterocycles. The highest BCUT2D eigenvalue weighted by Gasteiger charge is 2.47. The Morgan fingerprint density at radius 1 is 1.32 bits per heavy atom. The van der Waals surface area contributed by atoms with Gasteiger partial charge in [-0.1, -0.05) is 23.7 Å². The van der Waals surface area contributed by atoms with Gasteiger partial charge in [0, 0.05) is 31.9 Å². The Morgan fingerprint density at radius 3 is 2.81 bits per heavy atom. The maximum absolute atomic E-state index is 14.1. The highest BCUT2D eigenvalue weighted by atomic mass is 35.5. The number of carbonyl (C=O) groups excluding carboxylic acids is 2. The second kappa shape index (κ2) is 7.56. The predicted octanol–water partition coefficient (Wildman–Crippen LogP) is 2.20. The van der Waals surface area contributed by atoms with Crippen molar-refractivity contribution in [2.75, 3.05) is 18.6 Å². The molecule has 1 aromatic carbocycles. The van der Waals surface area contributed by atoms with Crippen LogP contribution in [0.25, 0.3) is 0 Å². The van der Waals surface area contributed by atoms with Crippen LogP contribution in [0.15, 0.2) is 29.2 Å². The van der Waals surface area contributed by atoms with Crippen LogP contribution in [0.1, 0.15) is 52.6 Å². The number of piperidine rings is 1. The number of benzene rings is 1. The second-order valence-electron chi connectivity index (χ2n) is 7.97. The first kappa shape index (κ1) is 21.2. The van der Waals surface area contributed by atoms with Gasteiger partial charge in [-0.05, 0) is 32.3 Å². The highest BCUT2D eigenvalue weighted by Crippen LogP contribution is 2.36. The van der Waals surface area contributed by atoms with E-state index >= 15 is 0 Å². The summed E-state index contributed by atoms with van der Waals surface area (Å²) >= 11 is 5.76. The summed E-state index contributed by atoms with van der Waals surface area (Å²) in [5, 5.41) is 14.8. The molecule has 0 unspecified atom stereocenters. The number of fused-ring (bicyclic) bond motifs is 3. The van der Waals surface area contributed by atoms with Gasteiger partial charge in [0.25, 0.3) is 11.8 Å². The normalized spacial score (nSPS) is 20.3. The highest BCUT2D eigenvalue weighted by molar-refractivity contribution is 6.30. The number of nitrogens with zero attached hydrogens (tertiary/aromatic N) is 3. The van der Waals surface area contributed by atoms with E-state index < -0.39 is 34.5 Å². The molecule has 1 atom stereocenters. The fourth-order valence-electron chi connectivity index (χ4n) is 4.25. The summed E-state index contributed by atoms with van der Waals surface area (Å²) in [4.78, 5) is 39.9. The number of halogens is 2. The summed E-state index contributed by atoms with van der Waals surface area (Å²) < 4.78 is 15.5. The van der Waals surface area contributed by atoms with E-state index in [0.29, 0.717) is 13.0 Å². The predicted molar refractivity (Wildman–Crippen MR) is 112 cm³/mol. The molecule has 31 heavy (non-hydrogen) atoms. The smallest absolute Gasteiger partial charge is 0.278 e. The number of hydrogen-bond acceptors (Lipinski definition) is 5. The molecule has 2 N–H and O–H groups in total. The van der Waals surface area contributed by atoms with E-state index in [1.165, 1.54) is 27.9 Å². The molecule has 0 aliphatic carbocycles. The van der Waals surface area contributed by atoms with E-state index in [4.69, 9.17) is 11.6 Å². The van der Waals surface area contributed by atoms with Crippen molar-refractivity contribution in [1.82, 2.24) is 14.9 Å². The zero-order valence-corrected chi connectivity index (χ0v) is 17.9. The quantitative estimate of drug-likeness (QED) is 0.750. The van der Waals surface area contributed by atoms with Gasteiger partial charge in [0.2, 0.25) is 5.43 Å². The Morgan fingerprint density at radius 2 is 2.06 bits per heavy atom. The van der Waals surface area contributed by atoms with Crippen molar-refractivity contribution in [2.24, 2.45) is 0 Å². The lowest BCUT2D eigenvalue weighted by atomic mass is 9.95. The number of rotatable bonds is 3. The van der Waals surface area contributed by atoms with Gasteiger partial charge in [-0.2, -0.15) is 0 Å². The van der Waals surface area contributed by atoms with Crippen LogP contribution in [0.5, 0.6) is 5.75 Å². The van der Waals surface area contributed by atoms with Crippen molar-refractivity contribution in [2.45, 2.75) is 38.4 Å². The molecule has 2 aliphatic rings. The summed E-state index contributed by atoms with van der Waals surface area (Å²) in [6, 6.07) is 4.40. The van der Waals surface area contributed by atoms with Gasteiger partial charge < -0.3 is 15.3 Å². The molecule has 10 heteroatoms. The molecule has 8 nitrogen and oxygen atoms in total. The molecule has 2 amide bonds. The third-order valence-corrected chi connectivity index (χ3v) is 6.49. The molecule has 0 saturated carbocycles. The van der Waals surface area contributed by atoms with Crippen LogP contribution in [0.4, 0.5) is 4.39 Å². The van der Waals surface area contributed by atoms with Crippen LogP contribution in [0, 0.1) is 5.82 Å². The Bertz CT molecular complexity index is 1150. The zero-order valence-electron chi connectivity index (χ0n) is 17.1. The summed E-state index contributed by atoms with van der Waals surface area (Å²) in [5.41, 5.74) is -1.97. The van der Waals surface area contributed by atoms with Gasteiger partial charge in [-0.3, -0.25) is 24.1 Å². The van der Waals surface area contributed by atoms with Gasteiger partial charge in [0.1, 0.15) is 17.0 Å². The third-order valence-electron chi connectivity index (χ3n) is 6.20. The van der Waals surface area contributed by atoms with Crippen LogP contribution in [0.3, 0.4) is 0 Å². The summed E-state index contributed by atoms with van der Waals surface area (Å²) in [7, 11) is 1.63. The molecule has 2 aromatic rings. The van der Waals surface area contributed by atoms with Crippen LogP contribution >= 0.6 is 11.6 Å². The molecular formula is C21H22ClFN4O4. The van der Waals surface area contributed by atoms with E-state index in [2.05, 4.69) is 5.32 Å². The number of nitrogens with one attached hydrogen (secondary N) is 1. The average Bonchev–Trinajstić information content (AvgIpc) is 2.75. The monoisotopic (exact) mass is 448 g/mol. The van der Waals surface area contributed by atoms with E-state index in [-0.39, 0.29) is 28.4 Å². The minimum Gasteiger partial charge on any atom is -0.502 e. The fourth-order valence-corrected chi connectivity index (χ4v) is 4.44. The molecule has 0 spiro atoms. The van der Waals surface area contributed by atoms with E-state index in [0.717, 1.165) is 12.8 Å². The first-order valence-electron chi connectivity index (χ1n) is 9.92. The van der Waals surface area contributed by atoms with Crippen molar-refractivity contribution >= 4 is 23.4 Å². The molecule has 4 rings (SSSR count). The minimum absolute atomic E-state index is 0.0785. The van der Waals surface area contributed by atoms with Crippen molar-refractivity contribution in [3.05, 3.63) is 62.3 Å². The lowest BCUT2D eigenvalue weighted by molar-refractivity contribution is 0.0323. The van der Waals surface area contributed by atoms with Gasteiger partial charge in [0.15, 0.2) is 11.4 Å². The number of amides is 2. The van der Waals surface area contributed by atoms with Crippen molar-refractivity contribution in [3.8, 4) is 5.75 Å². The minimum atomic E-state index is -0.960. The topological polar surface area (TPSA) is 94.9 Å². The largest absolute Gasteiger partial charge is 0.502 e. The lowest BCUT2D eigenvalue weighted by Crippen LogP contribution is -2.69. The van der Waals surface area contributed by atoms with Crippen molar-refractivity contribution < 1.29 is 19.1 Å². The zero-order chi connectivity index (χ0) is 22.5. The van der Waals surface area contributed by atoms with Gasteiger partial charge in [-0.15, -0.1) is 0 Å². The number of hydrogen-bond donors (Lipinski definition) is 2. The Kier molecular flexibility index (Phi) is 5.17. The van der Waals surface area contributed by atoms with E-state index in [1.807, 2.05) is 11.9 Å². The second-order valence-corrected chi connectivity index (χ2v) is 8.38. The Hall–Kier alpha value is -3.07. The van der Waals surface area contributed by atoms with Gasteiger partial charge >= 0.3 is 0 Å². The molecule has 164 valence electrons. The van der Waals surface area contributed by atoms with Crippen LogP contribution < -0.4 is 15.8 Å². The standard InChI is InChI=1S/C21H22ClFN4O4/c1-21-8-3-4-9-27(21)26-11-13(17(28)18(29)16(26)20(31)25(21)2)19(30)24-10-12-6-5-7-14(22)15(12)23/h5-7,11,29H,3-4,8-10H2,1-2H3,(H,24,30)/t21-/m0/s1. The molecule has 3 heterocycles. The third kappa shape index (κ3) is 3.23. The lowest BCUT2D eigenvalue weighted by Gasteiger charge is -2.55. The number of aromatic nitrogens is 1. The van der Waals surface area contributed by atoms with Crippen molar-refractivity contribution in [1.29, 1.82) is 0 Å². The first-order valence-corrected chi connectivity index (χ1v) is 10.3. The summed E-state index contributed by atoms with van der Waals surface area (Å²) in [6.07, 6.45) is 3.76. The average molecular weight is 449 g/mol. The van der Waals surface area contributed by atoms with Gasteiger partial charge in [0.05, 0.1) is 5.02 Å². The van der Waals surface area contributed by atoms with Crippen LogP contribution in [0.2, 0.25) is 5.02 Å². The maximum Gasteiger partial charge on any atom is 0.278 e.